The van der Waals surface area contributed by atoms with Crippen molar-refractivity contribution in [3.05, 3.63) is 119 Å². The average Bonchev–Trinajstić information content (AvgIpc) is 3.49. The molecule has 4 aromatic rings. The zero-order valence-corrected chi connectivity index (χ0v) is 24.3. The first-order chi connectivity index (χ1) is 20.1. The Kier molecular flexibility index (Phi) is 9.82. The summed E-state index contributed by atoms with van der Waals surface area (Å²) in [6.45, 7) is 6.61. The molecule has 0 aliphatic heterocycles. The molecule has 0 atom stereocenters. The largest absolute Gasteiger partial charge is 0.493 e. The van der Waals surface area contributed by atoms with Crippen molar-refractivity contribution in [2.24, 2.45) is 5.92 Å². The van der Waals surface area contributed by atoms with Crippen LogP contribution >= 0.6 is 0 Å². The van der Waals surface area contributed by atoms with Gasteiger partial charge in [-0.1, -0.05) is 43.7 Å². The number of carbonyl (C=O) groups is 2. The monoisotopic (exact) mass is 588 g/mol. The molecule has 1 heterocycles. The predicted octanol–water partition coefficient (Wildman–Crippen LogP) is 5.48. The van der Waals surface area contributed by atoms with Gasteiger partial charge in [0.2, 0.25) is 0 Å². The topological polar surface area (TPSA) is 124 Å². The lowest BCUT2D eigenvalue weighted by Gasteiger charge is -2.12. The van der Waals surface area contributed by atoms with Crippen molar-refractivity contribution in [3.63, 3.8) is 0 Å². The second-order valence-electron chi connectivity index (χ2n) is 9.92. The van der Waals surface area contributed by atoms with Crippen LogP contribution in [0.2, 0.25) is 0 Å². The van der Waals surface area contributed by atoms with Crippen molar-refractivity contribution in [2.75, 3.05) is 6.61 Å². The highest BCUT2D eigenvalue weighted by Crippen LogP contribution is 2.21. The minimum atomic E-state index is -4.02. The van der Waals surface area contributed by atoms with Crippen molar-refractivity contribution in [1.29, 1.82) is 0 Å². The van der Waals surface area contributed by atoms with E-state index in [1.54, 1.807) is 60.7 Å². The second kappa shape index (κ2) is 13.7. The van der Waals surface area contributed by atoms with Crippen molar-refractivity contribution >= 4 is 28.0 Å². The van der Waals surface area contributed by atoms with E-state index >= 15 is 0 Å². The number of rotatable bonds is 12. The molecule has 0 bridgehead atoms. The fourth-order valence-electron chi connectivity index (χ4n) is 3.66. The lowest BCUT2D eigenvalue weighted by atomic mass is 10.1. The third-order valence-corrected chi connectivity index (χ3v) is 7.16. The van der Waals surface area contributed by atoms with Crippen LogP contribution in [0.25, 0.3) is 6.08 Å². The lowest BCUT2D eigenvalue weighted by Crippen LogP contribution is -2.34. The van der Waals surface area contributed by atoms with Gasteiger partial charge in [-0.25, -0.2) is 0 Å². The normalized spacial score (nSPS) is 11.7. The van der Waals surface area contributed by atoms with Crippen molar-refractivity contribution in [3.8, 4) is 11.5 Å². The zero-order valence-electron chi connectivity index (χ0n) is 23.5. The van der Waals surface area contributed by atoms with Gasteiger partial charge in [-0.3, -0.25) is 9.59 Å². The molecule has 2 N–H and O–H groups in total. The van der Waals surface area contributed by atoms with Gasteiger partial charge in [0.25, 0.3) is 11.8 Å². The fourth-order valence-corrected chi connectivity index (χ4v) is 4.59. The summed E-state index contributed by atoms with van der Waals surface area (Å²) in [6, 6.07) is 22.5. The highest BCUT2D eigenvalue weighted by molar-refractivity contribution is 7.87. The third-order valence-electron chi connectivity index (χ3n) is 5.90. The van der Waals surface area contributed by atoms with Gasteiger partial charge in [0.1, 0.15) is 27.9 Å². The Labute approximate surface area is 245 Å². The second-order valence-corrected chi connectivity index (χ2v) is 11.5. The van der Waals surface area contributed by atoms with Gasteiger partial charge < -0.3 is 24.0 Å². The first kappa shape index (κ1) is 30.1. The molecule has 0 aliphatic rings. The summed E-state index contributed by atoms with van der Waals surface area (Å²) < 4.78 is 41.5. The minimum absolute atomic E-state index is 0.0207. The maximum atomic E-state index is 13.1. The van der Waals surface area contributed by atoms with Crippen LogP contribution in [-0.4, -0.2) is 26.8 Å². The first-order valence-corrected chi connectivity index (χ1v) is 14.7. The molecular formula is C32H32N2O7S. The Bertz CT molecular complexity index is 1620. The van der Waals surface area contributed by atoms with Crippen molar-refractivity contribution in [1.82, 2.24) is 10.6 Å². The quantitative estimate of drug-likeness (QED) is 0.166. The molecule has 42 heavy (non-hydrogen) atoms. The van der Waals surface area contributed by atoms with Crippen molar-refractivity contribution < 1.29 is 31.3 Å². The Morgan fingerprint density at radius 1 is 0.905 bits per heavy atom. The van der Waals surface area contributed by atoms with E-state index in [4.69, 9.17) is 13.3 Å². The number of aryl methyl sites for hydroxylation is 1. The third kappa shape index (κ3) is 8.58. The summed E-state index contributed by atoms with van der Waals surface area (Å²) in [5.41, 5.74) is 1.76. The van der Waals surface area contributed by atoms with Crippen LogP contribution in [0, 0.1) is 12.8 Å². The standard InChI is InChI=1S/C32H32N2O7S/c1-22(2)21-40-26-14-10-25(11-15-26)31(35)34-30(32(36)33-20-28-5-4-18-39-28)19-24-8-12-27(13-9-24)41-42(37,38)29-16-6-23(3)7-17-29/h4-19,22H,20-21H2,1-3H3,(H,33,36)(H,34,35)/b30-19-. The number of hydrogen-bond acceptors (Lipinski definition) is 7. The lowest BCUT2D eigenvalue weighted by molar-refractivity contribution is -0.118. The Hall–Kier alpha value is -4.83. The number of benzene rings is 3. The molecule has 0 unspecified atom stereocenters. The van der Waals surface area contributed by atoms with Gasteiger partial charge in [0.15, 0.2) is 0 Å². The fraction of sp³-hybridized carbons (Fsp3) is 0.188. The molecule has 0 saturated carbocycles. The molecule has 4 rings (SSSR count). The molecule has 0 spiro atoms. The number of amides is 2. The van der Waals surface area contributed by atoms with Gasteiger partial charge in [-0.15, -0.1) is 0 Å². The highest BCUT2D eigenvalue weighted by Gasteiger charge is 2.18. The molecule has 0 saturated heterocycles. The molecule has 10 heteroatoms. The van der Waals surface area contributed by atoms with Crippen LogP contribution in [-0.2, 0) is 21.5 Å². The van der Waals surface area contributed by atoms with E-state index in [1.807, 2.05) is 20.8 Å². The highest BCUT2D eigenvalue weighted by atomic mass is 32.2. The summed E-state index contributed by atoms with van der Waals surface area (Å²) >= 11 is 0. The van der Waals surface area contributed by atoms with E-state index in [1.165, 1.54) is 36.6 Å². The number of carbonyl (C=O) groups excluding carboxylic acids is 2. The average molecular weight is 589 g/mol. The van der Waals surface area contributed by atoms with Gasteiger partial charge in [0.05, 0.1) is 19.4 Å². The molecule has 9 nitrogen and oxygen atoms in total. The molecule has 0 fully saturated rings. The Morgan fingerprint density at radius 3 is 2.19 bits per heavy atom. The van der Waals surface area contributed by atoms with Crippen LogP contribution in [0.5, 0.6) is 11.5 Å². The Morgan fingerprint density at radius 2 is 1.57 bits per heavy atom. The van der Waals surface area contributed by atoms with Gasteiger partial charge >= 0.3 is 10.1 Å². The predicted molar refractivity (Wildman–Crippen MR) is 158 cm³/mol. The van der Waals surface area contributed by atoms with Gasteiger partial charge in [-0.05, 0) is 85.1 Å². The van der Waals surface area contributed by atoms with Crippen LogP contribution in [0.1, 0.15) is 41.1 Å². The summed E-state index contributed by atoms with van der Waals surface area (Å²) in [7, 11) is -4.02. The van der Waals surface area contributed by atoms with E-state index < -0.39 is 21.9 Å². The van der Waals surface area contributed by atoms with E-state index in [2.05, 4.69) is 10.6 Å². The van der Waals surface area contributed by atoms with Crippen LogP contribution in [0.3, 0.4) is 0 Å². The minimum Gasteiger partial charge on any atom is -0.493 e. The smallest absolute Gasteiger partial charge is 0.339 e. The van der Waals surface area contributed by atoms with Crippen LogP contribution in [0.4, 0.5) is 0 Å². The summed E-state index contributed by atoms with van der Waals surface area (Å²) in [5, 5.41) is 5.40. The summed E-state index contributed by atoms with van der Waals surface area (Å²) in [4.78, 5) is 26.2. The summed E-state index contributed by atoms with van der Waals surface area (Å²) in [6.07, 6.45) is 2.98. The molecule has 3 aromatic carbocycles. The molecule has 0 aliphatic carbocycles. The van der Waals surface area contributed by atoms with Gasteiger partial charge in [-0.2, -0.15) is 8.42 Å². The number of hydrogen-bond donors (Lipinski definition) is 2. The molecular weight excluding hydrogens is 556 g/mol. The van der Waals surface area contributed by atoms with E-state index in [-0.39, 0.29) is 22.9 Å². The Balaban J connectivity index is 1.51. The summed E-state index contributed by atoms with van der Waals surface area (Å²) in [5.74, 6) is 0.605. The molecule has 218 valence electrons. The van der Waals surface area contributed by atoms with E-state index in [0.717, 1.165) is 5.56 Å². The number of furan rings is 1. The maximum Gasteiger partial charge on any atom is 0.339 e. The van der Waals surface area contributed by atoms with Crippen molar-refractivity contribution in [2.45, 2.75) is 32.2 Å². The molecule has 1 aromatic heterocycles. The zero-order chi connectivity index (χ0) is 30.1. The number of ether oxygens (including phenoxy) is 1. The van der Waals surface area contributed by atoms with Gasteiger partial charge in [0, 0.05) is 5.56 Å². The maximum absolute atomic E-state index is 13.1. The van der Waals surface area contributed by atoms with E-state index in [0.29, 0.717) is 35.2 Å². The van der Waals surface area contributed by atoms with E-state index in [9.17, 15) is 18.0 Å². The molecule has 2 amide bonds. The SMILES string of the molecule is Cc1ccc(S(=O)(=O)Oc2ccc(/C=C(\NC(=O)c3ccc(OCC(C)C)cc3)C(=O)NCc3ccco3)cc2)cc1. The van der Waals surface area contributed by atoms with Crippen LogP contribution < -0.4 is 19.6 Å². The molecule has 0 radical (unpaired) electrons. The number of nitrogens with one attached hydrogen (secondary N) is 2. The first-order valence-electron chi connectivity index (χ1n) is 13.3. The van der Waals surface area contributed by atoms with Crippen LogP contribution in [0.15, 0.2) is 106 Å².